The summed E-state index contributed by atoms with van der Waals surface area (Å²) in [5.74, 6) is -0.456. The zero-order chi connectivity index (χ0) is 15.5. The molecule has 0 amide bonds. The highest BCUT2D eigenvalue weighted by Gasteiger charge is 2.18. The first kappa shape index (κ1) is 15.0. The molecular weight excluding hydrogens is 347 g/mol. The van der Waals surface area contributed by atoms with E-state index < -0.39 is 5.82 Å². The second-order valence-electron chi connectivity index (χ2n) is 5.27. The lowest BCUT2D eigenvalue weighted by molar-refractivity contribution is 0.112. The van der Waals surface area contributed by atoms with E-state index in [4.69, 9.17) is 0 Å². The molecule has 1 heterocycles. The third-order valence-electron chi connectivity index (χ3n) is 3.95. The van der Waals surface area contributed by atoms with Crippen LogP contribution >= 0.6 is 15.9 Å². The number of piperazine rings is 1. The van der Waals surface area contributed by atoms with Crippen molar-refractivity contribution in [2.45, 2.75) is 0 Å². The van der Waals surface area contributed by atoms with Crippen LogP contribution in [0.4, 0.5) is 15.8 Å². The highest BCUT2D eigenvalue weighted by Crippen LogP contribution is 2.23. The summed E-state index contributed by atoms with van der Waals surface area (Å²) in [6, 6.07) is 13.1. The molecule has 2 aromatic rings. The molecule has 0 saturated carbocycles. The first-order valence-electron chi connectivity index (χ1n) is 7.17. The van der Waals surface area contributed by atoms with Gasteiger partial charge in [-0.15, -0.1) is 0 Å². The molecule has 22 heavy (non-hydrogen) atoms. The minimum absolute atomic E-state index is 0.109. The number of nitrogens with zero attached hydrogens (tertiary/aromatic N) is 2. The minimum Gasteiger partial charge on any atom is -0.368 e. The Kier molecular flexibility index (Phi) is 4.43. The number of carbonyl (C=O) groups excluding carboxylic acids is 1. The highest BCUT2D eigenvalue weighted by atomic mass is 79.9. The minimum atomic E-state index is -0.456. The van der Waals surface area contributed by atoms with E-state index in [-0.39, 0.29) is 5.56 Å². The van der Waals surface area contributed by atoms with Crippen molar-refractivity contribution in [1.82, 2.24) is 0 Å². The number of carbonyl (C=O) groups is 1. The van der Waals surface area contributed by atoms with Gasteiger partial charge in [0.1, 0.15) is 5.82 Å². The normalized spacial score (nSPS) is 15.0. The van der Waals surface area contributed by atoms with Gasteiger partial charge in [0, 0.05) is 42.0 Å². The van der Waals surface area contributed by atoms with Gasteiger partial charge in [0.15, 0.2) is 6.29 Å². The molecule has 0 radical (unpaired) electrons. The summed E-state index contributed by atoms with van der Waals surface area (Å²) in [5.41, 5.74) is 2.14. The summed E-state index contributed by atoms with van der Waals surface area (Å²) in [6.07, 6.45) is 0.546. The molecule has 0 atom stereocenters. The Morgan fingerprint density at radius 3 is 2.00 bits per heavy atom. The average molecular weight is 363 g/mol. The fourth-order valence-corrected chi connectivity index (χ4v) is 2.95. The van der Waals surface area contributed by atoms with E-state index >= 15 is 0 Å². The van der Waals surface area contributed by atoms with Gasteiger partial charge in [-0.05, 0) is 42.5 Å². The van der Waals surface area contributed by atoms with Gasteiger partial charge in [0.25, 0.3) is 0 Å². The van der Waals surface area contributed by atoms with Crippen molar-refractivity contribution in [2.75, 3.05) is 36.0 Å². The van der Waals surface area contributed by atoms with Crippen LogP contribution in [0, 0.1) is 5.82 Å². The fraction of sp³-hybridized carbons (Fsp3) is 0.235. The lowest BCUT2D eigenvalue weighted by Crippen LogP contribution is -2.46. The molecule has 114 valence electrons. The molecule has 0 spiro atoms. The molecule has 3 nitrogen and oxygen atoms in total. The fourth-order valence-electron chi connectivity index (χ4n) is 2.68. The number of aldehydes is 1. The van der Waals surface area contributed by atoms with Gasteiger partial charge in [0.2, 0.25) is 0 Å². The Balaban J connectivity index is 1.67. The van der Waals surface area contributed by atoms with Crippen LogP contribution in [-0.4, -0.2) is 32.5 Å². The Labute approximate surface area is 137 Å². The van der Waals surface area contributed by atoms with Crippen molar-refractivity contribution in [3.8, 4) is 0 Å². The van der Waals surface area contributed by atoms with Crippen molar-refractivity contribution in [3.63, 3.8) is 0 Å². The van der Waals surface area contributed by atoms with Crippen LogP contribution in [-0.2, 0) is 0 Å². The van der Waals surface area contributed by atoms with Crippen molar-refractivity contribution in [2.24, 2.45) is 0 Å². The maximum Gasteiger partial charge on any atom is 0.152 e. The van der Waals surface area contributed by atoms with Crippen LogP contribution in [0.15, 0.2) is 46.9 Å². The summed E-state index contributed by atoms with van der Waals surface area (Å²) in [5, 5.41) is 0. The highest BCUT2D eigenvalue weighted by molar-refractivity contribution is 9.10. The molecule has 1 fully saturated rings. The Hall–Kier alpha value is -1.88. The molecule has 1 aliphatic rings. The number of halogens is 2. The Morgan fingerprint density at radius 1 is 0.909 bits per heavy atom. The first-order valence-corrected chi connectivity index (χ1v) is 7.97. The van der Waals surface area contributed by atoms with Crippen molar-refractivity contribution in [3.05, 3.63) is 58.3 Å². The number of anilines is 2. The Bertz CT molecular complexity index is 667. The molecule has 0 bridgehead atoms. The second kappa shape index (κ2) is 6.48. The topological polar surface area (TPSA) is 23.6 Å². The third kappa shape index (κ3) is 3.14. The van der Waals surface area contributed by atoms with Crippen LogP contribution in [0.5, 0.6) is 0 Å². The zero-order valence-corrected chi connectivity index (χ0v) is 13.6. The number of rotatable bonds is 3. The smallest absolute Gasteiger partial charge is 0.152 e. The van der Waals surface area contributed by atoms with Gasteiger partial charge in [-0.2, -0.15) is 0 Å². The molecule has 1 aliphatic heterocycles. The van der Waals surface area contributed by atoms with Crippen LogP contribution in [0.2, 0.25) is 0 Å². The molecular formula is C17H16BrFN2O. The van der Waals surface area contributed by atoms with E-state index in [2.05, 4.69) is 37.9 Å². The van der Waals surface area contributed by atoms with E-state index in [0.29, 0.717) is 6.29 Å². The second-order valence-corrected chi connectivity index (χ2v) is 6.19. The predicted octanol–water partition coefficient (Wildman–Crippen LogP) is 3.73. The lowest BCUT2D eigenvalue weighted by Gasteiger charge is -2.37. The van der Waals surface area contributed by atoms with Gasteiger partial charge in [-0.1, -0.05) is 15.9 Å². The zero-order valence-electron chi connectivity index (χ0n) is 12.0. The van der Waals surface area contributed by atoms with Crippen molar-refractivity contribution < 1.29 is 9.18 Å². The number of benzene rings is 2. The van der Waals surface area contributed by atoms with Gasteiger partial charge >= 0.3 is 0 Å². The molecule has 0 aliphatic carbocycles. The summed E-state index contributed by atoms with van der Waals surface area (Å²) in [7, 11) is 0. The van der Waals surface area contributed by atoms with Gasteiger partial charge in [-0.25, -0.2) is 4.39 Å². The van der Waals surface area contributed by atoms with Gasteiger partial charge in [-0.3, -0.25) is 4.79 Å². The van der Waals surface area contributed by atoms with Crippen LogP contribution < -0.4 is 9.80 Å². The molecule has 2 aromatic carbocycles. The van der Waals surface area contributed by atoms with Gasteiger partial charge in [0.05, 0.1) is 5.56 Å². The molecule has 0 aromatic heterocycles. The maximum atomic E-state index is 13.7. The number of hydrogen-bond donors (Lipinski definition) is 0. The van der Waals surface area contributed by atoms with E-state index in [1.54, 1.807) is 6.07 Å². The predicted molar refractivity (Wildman–Crippen MR) is 90.4 cm³/mol. The first-order chi connectivity index (χ1) is 10.7. The average Bonchev–Trinajstić information content (AvgIpc) is 2.56. The van der Waals surface area contributed by atoms with E-state index in [1.807, 2.05) is 18.2 Å². The molecule has 3 rings (SSSR count). The van der Waals surface area contributed by atoms with Crippen LogP contribution in [0.25, 0.3) is 0 Å². The van der Waals surface area contributed by atoms with E-state index in [1.165, 1.54) is 11.8 Å². The standard InChI is InChI=1S/C17H16BrFN2O/c18-14-2-5-15(6-3-14)20-7-9-21(10-8-20)16-4-1-13(12-22)17(19)11-16/h1-6,11-12H,7-10H2. The van der Waals surface area contributed by atoms with Gasteiger partial charge < -0.3 is 9.80 Å². The summed E-state index contributed by atoms with van der Waals surface area (Å²) >= 11 is 3.44. The Morgan fingerprint density at radius 2 is 1.45 bits per heavy atom. The largest absolute Gasteiger partial charge is 0.368 e. The summed E-state index contributed by atoms with van der Waals surface area (Å²) in [4.78, 5) is 15.1. The summed E-state index contributed by atoms with van der Waals surface area (Å²) < 4.78 is 14.8. The number of hydrogen-bond acceptors (Lipinski definition) is 3. The molecule has 0 unspecified atom stereocenters. The van der Waals surface area contributed by atoms with Crippen LogP contribution in [0.1, 0.15) is 10.4 Å². The SMILES string of the molecule is O=Cc1ccc(N2CCN(c3ccc(Br)cc3)CC2)cc1F. The molecule has 1 saturated heterocycles. The maximum absolute atomic E-state index is 13.7. The lowest BCUT2D eigenvalue weighted by atomic mass is 10.1. The van der Waals surface area contributed by atoms with Crippen molar-refractivity contribution in [1.29, 1.82) is 0 Å². The monoisotopic (exact) mass is 362 g/mol. The van der Waals surface area contributed by atoms with E-state index in [9.17, 15) is 9.18 Å². The third-order valence-corrected chi connectivity index (χ3v) is 4.48. The molecule has 0 N–H and O–H groups in total. The van der Waals surface area contributed by atoms with E-state index in [0.717, 1.165) is 36.3 Å². The molecule has 5 heteroatoms. The van der Waals surface area contributed by atoms with Crippen molar-refractivity contribution >= 4 is 33.6 Å². The quantitative estimate of drug-likeness (QED) is 0.777. The van der Waals surface area contributed by atoms with Crippen LogP contribution in [0.3, 0.4) is 0 Å². The summed E-state index contributed by atoms with van der Waals surface area (Å²) in [6.45, 7) is 3.43.